The summed E-state index contributed by atoms with van der Waals surface area (Å²) in [6.45, 7) is 12.6. The van der Waals surface area contributed by atoms with Crippen molar-refractivity contribution in [2.75, 3.05) is 12.0 Å². The fourth-order valence-corrected chi connectivity index (χ4v) is 3.28. The molecule has 0 amide bonds. The number of methoxy groups -OCH3 is 1. The molecular weight excluding hydrogens is 312 g/mol. The molecule has 1 aliphatic heterocycles. The molecule has 0 aliphatic carbocycles. The summed E-state index contributed by atoms with van der Waals surface area (Å²) in [4.78, 5) is 2.14. The van der Waals surface area contributed by atoms with E-state index in [4.69, 9.17) is 9.47 Å². The number of hydrogen-bond donors (Lipinski definition) is 0. The summed E-state index contributed by atoms with van der Waals surface area (Å²) in [6, 6.07) is 8.21. The van der Waals surface area contributed by atoms with Gasteiger partial charge in [-0.15, -0.1) is 0 Å². The Morgan fingerprint density at radius 2 is 1.96 bits per heavy atom. The van der Waals surface area contributed by atoms with E-state index in [0.29, 0.717) is 0 Å². The van der Waals surface area contributed by atoms with Gasteiger partial charge in [0.05, 0.1) is 30.3 Å². The van der Waals surface area contributed by atoms with Crippen LogP contribution in [0.1, 0.15) is 31.5 Å². The van der Waals surface area contributed by atoms with Gasteiger partial charge in [-0.3, -0.25) is 0 Å². The molecule has 0 radical (unpaired) electrons. The molecule has 2 aromatic rings. The van der Waals surface area contributed by atoms with Crippen LogP contribution >= 0.6 is 0 Å². The summed E-state index contributed by atoms with van der Waals surface area (Å²) in [5.41, 5.74) is 5.31. The van der Waals surface area contributed by atoms with Crippen LogP contribution in [-0.4, -0.2) is 17.8 Å². The van der Waals surface area contributed by atoms with E-state index < -0.39 is 0 Å². The number of benzene rings is 1. The number of aryl methyl sites for hydroxylation is 2. The lowest BCUT2D eigenvalue weighted by atomic mass is 9.97. The molecule has 25 heavy (non-hydrogen) atoms. The first kappa shape index (κ1) is 17.2. The summed E-state index contributed by atoms with van der Waals surface area (Å²) in [5, 5.41) is 0. The van der Waals surface area contributed by atoms with Crippen molar-refractivity contribution in [1.82, 2.24) is 4.57 Å². The molecule has 4 heteroatoms. The quantitative estimate of drug-likeness (QED) is 0.786. The highest BCUT2D eigenvalue weighted by Gasteiger charge is 2.26. The number of rotatable bonds is 5. The molecule has 0 N–H and O–H groups in total. The van der Waals surface area contributed by atoms with Crippen molar-refractivity contribution in [3.8, 4) is 11.5 Å². The van der Waals surface area contributed by atoms with Gasteiger partial charge in [-0.1, -0.05) is 13.2 Å². The van der Waals surface area contributed by atoms with Crippen LogP contribution in [0.5, 0.6) is 11.5 Å². The molecule has 3 rings (SSSR count). The van der Waals surface area contributed by atoms with Gasteiger partial charge in [0.15, 0.2) is 11.5 Å². The molecule has 0 saturated carbocycles. The minimum Gasteiger partial charge on any atom is -0.493 e. The zero-order valence-electron chi connectivity index (χ0n) is 15.5. The van der Waals surface area contributed by atoms with Gasteiger partial charge in [0.25, 0.3) is 0 Å². The van der Waals surface area contributed by atoms with Gasteiger partial charge in [0, 0.05) is 25.0 Å². The minimum absolute atomic E-state index is 0.0725. The summed E-state index contributed by atoms with van der Waals surface area (Å²) >= 11 is 0. The molecule has 132 valence electrons. The van der Waals surface area contributed by atoms with E-state index in [9.17, 15) is 0 Å². The molecule has 0 fully saturated rings. The lowest BCUT2D eigenvalue weighted by Gasteiger charge is -2.35. The molecule has 0 spiro atoms. The molecule has 0 bridgehead atoms. The van der Waals surface area contributed by atoms with Crippen LogP contribution in [0.4, 0.5) is 5.69 Å². The van der Waals surface area contributed by atoms with Crippen molar-refractivity contribution in [1.29, 1.82) is 0 Å². The molecule has 1 aliphatic rings. The molecule has 1 aromatic carbocycles. The zero-order chi connectivity index (χ0) is 18.1. The average molecular weight is 338 g/mol. The van der Waals surface area contributed by atoms with Gasteiger partial charge in [-0.05, 0) is 50.5 Å². The van der Waals surface area contributed by atoms with E-state index in [0.717, 1.165) is 47.1 Å². The highest BCUT2D eigenvalue weighted by Crippen LogP contribution is 2.43. The number of anilines is 1. The van der Waals surface area contributed by atoms with Gasteiger partial charge in [0.1, 0.15) is 0 Å². The smallest absolute Gasteiger partial charge is 0.163 e. The molecule has 1 aromatic heterocycles. The van der Waals surface area contributed by atoms with Gasteiger partial charge in [-0.2, -0.15) is 0 Å². The highest BCUT2D eigenvalue weighted by molar-refractivity contribution is 5.84. The van der Waals surface area contributed by atoms with Crippen LogP contribution in [0.3, 0.4) is 0 Å². The van der Waals surface area contributed by atoms with Crippen LogP contribution < -0.4 is 14.4 Å². The monoisotopic (exact) mass is 338 g/mol. The lowest BCUT2D eigenvalue weighted by Crippen LogP contribution is -2.26. The van der Waals surface area contributed by atoms with E-state index in [1.807, 2.05) is 39.2 Å². The third kappa shape index (κ3) is 3.16. The third-order valence-electron chi connectivity index (χ3n) is 4.48. The van der Waals surface area contributed by atoms with Gasteiger partial charge < -0.3 is 18.9 Å². The Balaban J connectivity index is 2.09. The summed E-state index contributed by atoms with van der Waals surface area (Å²) in [7, 11) is 3.70. The van der Waals surface area contributed by atoms with Crippen molar-refractivity contribution in [2.45, 2.75) is 32.8 Å². The van der Waals surface area contributed by atoms with E-state index in [1.165, 1.54) is 5.56 Å². The SMILES string of the molecule is C=C1CCc2cc(OC)c(OC(C)C)cc2N1C(=C)c1cccn1C. The van der Waals surface area contributed by atoms with Crippen LogP contribution in [0.2, 0.25) is 0 Å². The van der Waals surface area contributed by atoms with Crippen molar-refractivity contribution >= 4 is 11.4 Å². The normalized spacial score (nSPS) is 13.8. The molecular formula is C21H26N2O2. The topological polar surface area (TPSA) is 26.6 Å². The number of aromatic nitrogens is 1. The molecule has 0 saturated heterocycles. The average Bonchev–Trinajstić information content (AvgIpc) is 2.99. The Hall–Kier alpha value is -2.62. The van der Waals surface area contributed by atoms with E-state index in [-0.39, 0.29) is 6.10 Å². The summed E-state index contributed by atoms with van der Waals surface area (Å²) < 4.78 is 13.6. The van der Waals surface area contributed by atoms with Gasteiger partial charge in [0.2, 0.25) is 0 Å². The first-order chi connectivity index (χ1) is 11.9. The predicted octanol–water partition coefficient (Wildman–Crippen LogP) is 4.76. The summed E-state index contributed by atoms with van der Waals surface area (Å²) in [5.74, 6) is 1.51. The fourth-order valence-electron chi connectivity index (χ4n) is 3.28. The van der Waals surface area contributed by atoms with Crippen molar-refractivity contribution < 1.29 is 9.47 Å². The maximum absolute atomic E-state index is 5.96. The maximum atomic E-state index is 5.96. The van der Waals surface area contributed by atoms with Crippen LogP contribution in [-0.2, 0) is 13.5 Å². The number of allylic oxidation sites excluding steroid dienone is 1. The van der Waals surface area contributed by atoms with E-state index in [1.54, 1.807) is 7.11 Å². The standard InChI is InChI=1S/C21H26N2O2/c1-14(2)25-21-13-19-17(12-20(21)24-6)10-9-15(3)23(19)16(4)18-8-7-11-22(18)5/h7-8,11-14H,3-4,9-10H2,1-2,5-6H3. The van der Waals surface area contributed by atoms with Crippen LogP contribution in [0.15, 0.2) is 49.3 Å². The second-order valence-electron chi connectivity index (χ2n) is 6.65. The fraction of sp³-hybridized carbons (Fsp3) is 0.333. The van der Waals surface area contributed by atoms with E-state index >= 15 is 0 Å². The van der Waals surface area contributed by atoms with Crippen molar-refractivity contribution in [3.05, 3.63) is 60.6 Å². The van der Waals surface area contributed by atoms with Crippen molar-refractivity contribution in [2.24, 2.45) is 7.05 Å². The number of ether oxygens (including phenoxy) is 2. The third-order valence-corrected chi connectivity index (χ3v) is 4.48. The Bertz CT molecular complexity index is 817. The maximum Gasteiger partial charge on any atom is 0.163 e. The zero-order valence-corrected chi connectivity index (χ0v) is 15.5. The molecule has 4 nitrogen and oxygen atoms in total. The number of nitrogens with zero attached hydrogens (tertiary/aromatic N) is 2. The number of fused-ring (bicyclic) bond motifs is 1. The predicted molar refractivity (Wildman–Crippen MR) is 103 cm³/mol. The Morgan fingerprint density at radius 3 is 2.56 bits per heavy atom. The first-order valence-corrected chi connectivity index (χ1v) is 8.58. The van der Waals surface area contributed by atoms with Gasteiger partial charge >= 0.3 is 0 Å². The Labute approximate surface area is 150 Å². The minimum atomic E-state index is 0.0725. The van der Waals surface area contributed by atoms with Crippen molar-refractivity contribution in [3.63, 3.8) is 0 Å². The van der Waals surface area contributed by atoms with Gasteiger partial charge in [-0.25, -0.2) is 0 Å². The van der Waals surface area contributed by atoms with E-state index in [2.05, 4.69) is 34.8 Å². The Kier molecular flexibility index (Phi) is 4.62. The van der Waals surface area contributed by atoms with Crippen LogP contribution in [0.25, 0.3) is 5.70 Å². The number of hydrogen-bond acceptors (Lipinski definition) is 3. The molecule has 2 heterocycles. The largest absolute Gasteiger partial charge is 0.493 e. The first-order valence-electron chi connectivity index (χ1n) is 8.58. The molecule has 0 unspecified atom stereocenters. The second kappa shape index (κ2) is 6.71. The summed E-state index contributed by atoms with van der Waals surface area (Å²) in [6.07, 6.45) is 3.92. The second-order valence-corrected chi connectivity index (χ2v) is 6.65. The molecule has 0 atom stereocenters. The Morgan fingerprint density at radius 1 is 1.20 bits per heavy atom. The lowest BCUT2D eigenvalue weighted by molar-refractivity contribution is 0.230. The highest BCUT2D eigenvalue weighted by atomic mass is 16.5. The van der Waals surface area contributed by atoms with Crippen LogP contribution in [0, 0.1) is 0 Å².